The molecule has 0 N–H and O–H groups in total. The molecular formula is C60H41N3. The van der Waals surface area contributed by atoms with Crippen molar-refractivity contribution in [2.24, 2.45) is 0 Å². The Balaban J connectivity index is 0.982. The summed E-state index contributed by atoms with van der Waals surface area (Å²) in [5, 5.41) is 4.99. The zero-order valence-electron chi connectivity index (χ0n) is 34.5. The van der Waals surface area contributed by atoms with Crippen molar-refractivity contribution >= 4 is 60.7 Å². The first-order chi connectivity index (χ1) is 31.3. The van der Waals surface area contributed by atoms with Crippen molar-refractivity contribution in [1.29, 1.82) is 0 Å². The molecule has 0 unspecified atom stereocenters. The van der Waals surface area contributed by atoms with E-state index in [1.165, 1.54) is 77.0 Å². The van der Waals surface area contributed by atoms with Crippen molar-refractivity contribution in [3.8, 4) is 44.8 Å². The number of benzene rings is 10. The highest BCUT2D eigenvalue weighted by Gasteiger charge is 2.20. The van der Waals surface area contributed by atoms with Gasteiger partial charge in [0.1, 0.15) is 0 Å². The lowest BCUT2D eigenvalue weighted by Gasteiger charge is -2.26. The maximum absolute atomic E-state index is 2.41. The van der Waals surface area contributed by atoms with E-state index in [1.807, 2.05) is 0 Å². The molecule has 12 rings (SSSR count). The summed E-state index contributed by atoms with van der Waals surface area (Å²) in [4.78, 5) is 2.37. The first-order valence-corrected chi connectivity index (χ1v) is 21.6. The van der Waals surface area contributed by atoms with Gasteiger partial charge in [-0.25, -0.2) is 0 Å². The smallest absolute Gasteiger partial charge is 0.0619 e. The average Bonchev–Trinajstić information content (AvgIpc) is 3.89. The number of aromatic nitrogens is 2. The standard InChI is InChI=1S/C60H41N3/c1-4-16-42(17-5-1)43-30-36-48(37-31-43)61(49-38-32-44(33-39-49)51-24-14-26-55-53-22-10-12-28-57(53)62(59(51)55)46-18-6-2-7-19-46)50-40-34-45(35-41-50)52-25-15-27-56-54-23-11-13-29-58(54)63(60(52)56)47-20-8-3-9-21-47/h1-41H. The van der Waals surface area contributed by atoms with E-state index >= 15 is 0 Å². The third kappa shape index (κ3) is 6.21. The van der Waals surface area contributed by atoms with Crippen LogP contribution in [0.25, 0.3) is 88.4 Å². The van der Waals surface area contributed by atoms with Gasteiger partial charge in [-0.15, -0.1) is 0 Å². The Kier molecular flexibility index (Phi) is 8.83. The lowest BCUT2D eigenvalue weighted by molar-refractivity contribution is 1.18. The number of hydrogen-bond acceptors (Lipinski definition) is 1. The van der Waals surface area contributed by atoms with Crippen molar-refractivity contribution in [3.63, 3.8) is 0 Å². The van der Waals surface area contributed by atoms with Gasteiger partial charge in [-0.2, -0.15) is 0 Å². The molecule has 0 aliphatic carbocycles. The van der Waals surface area contributed by atoms with E-state index in [4.69, 9.17) is 0 Å². The molecule has 10 aromatic carbocycles. The maximum atomic E-state index is 2.41. The summed E-state index contributed by atoms with van der Waals surface area (Å²) in [6.45, 7) is 0. The fourth-order valence-electron chi connectivity index (χ4n) is 9.65. The van der Waals surface area contributed by atoms with E-state index < -0.39 is 0 Å². The molecule has 2 heterocycles. The number of rotatable bonds is 8. The van der Waals surface area contributed by atoms with Gasteiger partial charge in [0.05, 0.1) is 22.1 Å². The summed E-state index contributed by atoms with van der Waals surface area (Å²) in [6.07, 6.45) is 0. The van der Waals surface area contributed by atoms with Crippen molar-refractivity contribution in [1.82, 2.24) is 9.13 Å². The molecule has 296 valence electrons. The molecule has 2 aromatic heterocycles. The van der Waals surface area contributed by atoms with Crippen LogP contribution in [0.3, 0.4) is 0 Å². The van der Waals surface area contributed by atoms with Crippen LogP contribution in [0.5, 0.6) is 0 Å². The molecule has 0 radical (unpaired) electrons. The minimum atomic E-state index is 1.08. The minimum absolute atomic E-state index is 1.08. The van der Waals surface area contributed by atoms with Gasteiger partial charge in [0, 0.05) is 61.1 Å². The molecule has 0 atom stereocenters. The second-order valence-corrected chi connectivity index (χ2v) is 16.1. The Morgan fingerprint density at radius 2 is 0.571 bits per heavy atom. The van der Waals surface area contributed by atoms with Gasteiger partial charge in [0.15, 0.2) is 0 Å². The van der Waals surface area contributed by atoms with E-state index in [1.54, 1.807) is 0 Å². The number of nitrogens with zero attached hydrogens (tertiary/aromatic N) is 3. The molecule has 3 heteroatoms. The average molecular weight is 804 g/mol. The molecule has 3 nitrogen and oxygen atoms in total. The highest BCUT2D eigenvalue weighted by atomic mass is 15.1. The molecular weight excluding hydrogens is 763 g/mol. The summed E-state index contributed by atoms with van der Waals surface area (Å²) in [7, 11) is 0. The SMILES string of the molecule is c1ccc(-c2ccc(N(c3ccc(-c4cccc5c6ccccc6n(-c6ccccc6)c45)cc3)c3ccc(-c4cccc5c6ccccc6n(-c6ccccc6)c45)cc3)cc2)cc1. The van der Waals surface area contributed by atoms with E-state index in [0.717, 1.165) is 28.4 Å². The molecule has 63 heavy (non-hydrogen) atoms. The van der Waals surface area contributed by atoms with E-state index in [2.05, 4.69) is 263 Å². The molecule has 0 bridgehead atoms. The fourth-order valence-corrected chi connectivity index (χ4v) is 9.65. The van der Waals surface area contributed by atoms with Gasteiger partial charge in [-0.1, -0.05) is 176 Å². The second-order valence-electron chi connectivity index (χ2n) is 16.1. The third-order valence-electron chi connectivity index (χ3n) is 12.5. The molecule has 0 aliphatic heterocycles. The molecule has 0 saturated carbocycles. The molecule has 0 fully saturated rings. The van der Waals surface area contributed by atoms with Gasteiger partial charge in [0.25, 0.3) is 0 Å². The largest absolute Gasteiger partial charge is 0.311 e. The first-order valence-electron chi connectivity index (χ1n) is 21.6. The van der Waals surface area contributed by atoms with Crippen molar-refractivity contribution in [2.45, 2.75) is 0 Å². The number of fused-ring (bicyclic) bond motifs is 6. The van der Waals surface area contributed by atoms with E-state index in [0.29, 0.717) is 0 Å². The predicted octanol–water partition coefficient (Wildman–Crippen LogP) is 16.4. The summed E-state index contributed by atoms with van der Waals surface area (Å²) >= 11 is 0. The Bertz CT molecular complexity index is 3370. The highest BCUT2D eigenvalue weighted by molar-refractivity contribution is 6.15. The van der Waals surface area contributed by atoms with Crippen LogP contribution in [-0.4, -0.2) is 9.13 Å². The Morgan fingerprint density at radius 1 is 0.238 bits per heavy atom. The van der Waals surface area contributed by atoms with Crippen molar-refractivity contribution in [2.75, 3.05) is 4.90 Å². The van der Waals surface area contributed by atoms with Crippen molar-refractivity contribution < 1.29 is 0 Å². The lowest BCUT2D eigenvalue weighted by Crippen LogP contribution is -2.09. The second kappa shape index (κ2) is 15.3. The van der Waals surface area contributed by atoms with Crippen LogP contribution < -0.4 is 4.90 Å². The quantitative estimate of drug-likeness (QED) is 0.149. The number of hydrogen-bond donors (Lipinski definition) is 0. The molecule has 0 aliphatic rings. The van der Waals surface area contributed by atoms with Crippen LogP contribution in [0, 0.1) is 0 Å². The van der Waals surface area contributed by atoms with Gasteiger partial charge < -0.3 is 14.0 Å². The van der Waals surface area contributed by atoms with E-state index in [9.17, 15) is 0 Å². The van der Waals surface area contributed by atoms with Crippen LogP contribution in [0.1, 0.15) is 0 Å². The summed E-state index contributed by atoms with van der Waals surface area (Å²) in [5.41, 5.74) is 17.5. The summed E-state index contributed by atoms with van der Waals surface area (Å²) < 4.78 is 4.83. The van der Waals surface area contributed by atoms with Gasteiger partial charge >= 0.3 is 0 Å². The van der Waals surface area contributed by atoms with Crippen LogP contribution in [-0.2, 0) is 0 Å². The first kappa shape index (κ1) is 36.5. The fraction of sp³-hybridized carbons (Fsp3) is 0. The van der Waals surface area contributed by atoms with Crippen LogP contribution in [0.15, 0.2) is 249 Å². The maximum Gasteiger partial charge on any atom is 0.0619 e. The monoisotopic (exact) mass is 803 g/mol. The summed E-state index contributed by atoms with van der Waals surface area (Å²) in [6, 6.07) is 90.0. The predicted molar refractivity (Wildman–Crippen MR) is 266 cm³/mol. The zero-order chi connectivity index (χ0) is 41.7. The van der Waals surface area contributed by atoms with Gasteiger partial charge in [-0.05, 0) is 95.1 Å². The van der Waals surface area contributed by atoms with Crippen LogP contribution in [0.4, 0.5) is 17.1 Å². The van der Waals surface area contributed by atoms with E-state index in [-0.39, 0.29) is 0 Å². The zero-order valence-corrected chi connectivity index (χ0v) is 34.5. The minimum Gasteiger partial charge on any atom is -0.311 e. The van der Waals surface area contributed by atoms with Gasteiger partial charge in [-0.3, -0.25) is 0 Å². The topological polar surface area (TPSA) is 13.1 Å². The number of anilines is 3. The Hall–Kier alpha value is -8.40. The lowest BCUT2D eigenvalue weighted by atomic mass is 10.00. The molecule has 0 saturated heterocycles. The van der Waals surface area contributed by atoms with Gasteiger partial charge in [0.2, 0.25) is 0 Å². The molecule has 0 spiro atoms. The van der Waals surface area contributed by atoms with Crippen LogP contribution in [0.2, 0.25) is 0 Å². The Morgan fingerprint density at radius 3 is 1.00 bits per heavy atom. The van der Waals surface area contributed by atoms with Crippen LogP contribution >= 0.6 is 0 Å². The van der Waals surface area contributed by atoms with Crippen molar-refractivity contribution in [3.05, 3.63) is 249 Å². The normalized spacial score (nSPS) is 11.5. The number of para-hydroxylation sites is 6. The molecule has 0 amide bonds. The highest BCUT2D eigenvalue weighted by Crippen LogP contribution is 2.43. The molecule has 12 aromatic rings. The summed E-state index contributed by atoms with van der Waals surface area (Å²) in [5.74, 6) is 0. The third-order valence-corrected chi connectivity index (χ3v) is 12.5. The Labute approximate surface area is 366 Å².